The maximum atomic E-state index is 13.4. The van der Waals surface area contributed by atoms with Crippen molar-refractivity contribution in [2.45, 2.75) is 6.42 Å². The number of nitrogen functional groups attached to an aromatic ring is 1. The number of benzene rings is 1. The molecular weight excluding hydrogens is 253 g/mol. The standard InChI is InChI=1S/C13H18FNO4/c1-17-8-9-18-6-3-7-19-13(16)12-10(14)4-2-5-11(12)15/h2,4-5H,3,6-9,15H2,1H3. The van der Waals surface area contributed by atoms with Crippen molar-refractivity contribution in [3.63, 3.8) is 0 Å². The summed E-state index contributed by atoms with van der Waals surface area (Å²) in [6.45, 7) is 1.61. The molecule has 1 aromatic carbocycles. The molecule has 0 aromatic heterocycles. The fraction of sp³-hybridized carbons (Fsp3) is 0.462. The van der Waals surface area contributed by atoms with Crippen LogP contribution in [0.3, 0.4) is 0 Å². The summed E-state index contributed by atoms with van der Waals surface area (Å²) in [6, 6.07) is 4.05. The molecule has 106 valence electrons. The molecule has 0 saturated heterocycles. The molecule has 0 fully saturated rings. The monoisotopic (exact) mass is 271 g/mol. The van der Waals surface area contributed by atoms with Crippen LogP contribution in [0.5, 0.6) is 0 Å². The second kappa shape index (κ2) is 8.44. The first-order chi connectivity index (χ1) is 9.16. The van der Waals surface area contributed by atoms with Crippen molar-refractivity contribution in [2.75, 3.05) is 39.3 Å². The van der Waals surface area contributed by atoms with E-state index in [1.54, 1.807) is 7.11 Å². The van der Waals surface area contributed by atoms with E-state index in [9.17, 15) is 9.18 Å². The average molecular weight is 271 g/mol. The summed E-state index contributed by atoms with van der Waals surface area (Å²) < 4.78 is 28.3. The maximum Gasteiger partial charge on any atom is 0.343 e. The normalized spacial score (nSPS) is 10.4. The number of hydrogen-bond donors (Lipinski definition) is 1. The SMILES string of the molecule is COCCOCCCOC(=O)c1c(N)cccc1F. The lowest BCUT2D eigenvalue weighted by atomic mass is 10.2. The zero-order valence-electron chi connectivity index (χ0n) is 10.9. The Labute approximate surface area is 111 Å². The number of ether oxygens (including phenoxy) is 3. The molecule has 1 rings (SSSR count). The molecule has 0 aliphatic carbocycles. The first kappa shape index (κ1) is 15.4. The summed E-state index contributed by atoms with van der Waals surface area (Å²) in [6.07, 6.45) is 0.532. The summed E-state index contributed by atoms with van der Waals surface area (Å²) in [4.78, 5) is 11.6. The van der Waals surface area contributed by atoms with Crippen LogP contribution in [0.15, 0.2) is 18.2 Å². The van der Waals surface area contributed by atoms with E-state index in [-0.39, 0.29) is 17.9 Å². The highest BCUT2D eigenvalue weighted by atomic mass is 19.1. The van der Waals surface area contributed by atoms with E-state index < -0.39 is 11.8 Å². The minimum atomic E-state index is -0.757. The van der Waals surface area contributed by atoms with Crippen molar-refractivity contribution in [1.82, 2.24) is 0 Å². The van der Waals surface area contributed by atoms with Crippen molar-refractivity contribution in [1.29, 1.82) is 0 Å². The average Bonchev–Trinajstić information content (AvgIpc) is 2.37. The van der Waals surface area contributed by atoms with E-state index in [0.29, 0.717) is 26.2 Å². The molecule has 0 heterocycles. The summed E-state index contributed by atoms with van der Waals surface area (Å²) >= 11 is 0. The number of nitrogens with two attached hydrogens (primary N) is 1. The fourth-order valence-corrected chi connectivity index (χ4v) is 1.40. The van der Waals surface area contributed by atoms with Crippen LogP contribution in [0.2, 0.25) is 0 Å². The second-order valence-corrected chi connectivity index (χ2v) is 3.80. The van der Waals surface area contributed by atoms with E-state index in [0.717, 1.165) is 0 Å². The van der Waals surface area contributed by atoms with Gasteiger partial charge in [-0.1, -0.05) is 6.07 Å². The molecule has 0 spiro atoms. The van der Waals surface area contributed by atoms with Crippen molar-refractivity contribution in [3.8, 4) is 0 Å². The van der Waals surface area contributed by atoms with Crippen LogP contribution in [-0.4, -0.2) is 39.5 Å². The predicted octanol–water partition coefficient (Wildman–Crippen LogP) is 1.62. The largest absolute Gasteiger partial charge is 0.462 e. The molecule has 0 amide bonds. The summed E-state index contributed by atoms with van der Waals surface area (Å²) in [7, 11) is 1.59. The highest BCUT2D eigenvalue weighted by Gasteiger charge is 2.16. The summed E-state index contributed by atoms with van der Waals surface area (Å²) in [5.74, 6) is -1.44. The number of halogens is 1. The van der Waals surface area contributed by atoms with Crippen LogP contribution < -0.4 is 5.73 Å². The first-order valence-corrected chi connectivity index (χ1v) is 5.94. The Morgan fingerprint density at radius 2 is 2.05 bits per heavy atom. The van der Waals surface area contributed by atoms with Gasteiger partial charge in [0.2, 0.25) is 0 Å². The lowest BCUT2D eigenvalue weighted by Gasteiger charge is -2.08. The third-order valence-corrected chi connectivity index (χ3v) is 2.35. The number of esters is 1. The van der Waals surface area contributed by atoms with Crippen LogP contribution >= 0.6 is 0 Å². The summed E-state index contributed by atoms with van der Waals surface area (Å²) in [5, 5.41) is 0. The lowest BCUT2D eigenvalue weighted by molar-refractivity contribution is 0.0383. The topological polar surface area (TPSA) is 70.8 Å². The van der Waals surface area contributed by atoms with Crippen LogP contribution in [0, 0.1) is 5.82 Å². The van der Waals surface area contributed by atoms with Crippen LogP contribution in [0.4, 0.5) is 10.1 Å². The van der Waals surface area contributed by atoms with E-state index in [1.165, 1.54) is 18.2 Å². The Kier molecular flexibility index (Phi) is 6.84. The Morgan fingerprint density at radius 3 is 2.74 bits per heavy atom. The van der Waals surface area contributed by atoms with Gasteiger partial charge in [0.05, 0.1) is 19.8 Å². The Balaban J connectivity index is 2.28. The third kappa shape index (κ3) is 5.23. The molecule has 0 atom stereocenters. The molecule has 0 aliphatic rings. The number of anilines is 1. The summed E-state index contributed by atoms with van der Waals surface area (Å²) in [5.41, 5.74) is 5.38. The van der Waals surface area contributed by atoms with Crippen molar-refractivity contribution in [2.24, 2.45) is 0 Å². The van der Waals surface area contributed by atoms with Gasteiger partial charge >= 0.3 is 5.97 Å². The van der Waals surface area contributed by atoms with Crippen molar-refractivity contribution < 1.29 is 23.4 Å². The molecule has 0 saturated carbocycles. The predicted molar refractivity (Wildman–Crippen MR) is 68.4 cm³/mol. The number of rotatable bonds is 8. The van der Waals surface area contributed by atoms with E-state index >= 15 is 0 Å². The van der Waals surface area contributed by atoms with Crippen LogP contribution in [0.1, 0.15) is 16.8 Å². The third-order valence-electron chi connectivity index (χ3n) is 2.35. The smallest absolute Gasteiger partial charge is 0.343 e. The van der Waals surface area contributed by atoms with Gasteiger partial charge in [-0.25, -0.2) is 9.18 Å². The molecule has 0 radical (unpaired) electrons. The molecule has 2 N–H and O–H groups in total. The first-order valence-electron chi connectivity index (χ1n) is 5.94. The molecule has 5 nitrogen and oxygen atoms in total. The van der Waals surface area contributed by atoms with Crippen molar-refractivity contribution >= 4 is 11.7 Å². The van der Waals surface area contributed by atoms with Gasteiger partial charge in [0.25, 0.3) is 0 Å². The van der Waals surface area contributed by atoms with Gasteiger partial charge in [0.15, 0.2) is 0 Å². The van der Waals surface area contributed by atoms with Gasteiger partial charge in [0.1, 0.15) is 11.4 Å². The van der Waals surface area contributed by atoms with Crippen LogP contribution in [-0.2, 0) is 14.2 Å². The number of methoxy groups -OCH3 is 1. The maximum absolute atomic E-state index is 13.4. The Hall–Kier alpha value is -1.66. The van der Waals surface area contributed by atoms with Gasteiger partial charge < -0.3 is 19.9 Å². The fourth-order valence-electron chi connectivity index (χ4n) is 1.40. The molecular formula is C13H18FNO4. The Bertz CT molecular complexity index is 391. The van der Waals surface area contributed by atoms with Gasteiger partial charge in [-0.15, -0.1) is 0 Å². The molecule has 19 heavy (non-hydrogen) atoms. The minimum absolute atomic E-state index is 0.0707. The van der Waals surface area contributed by atoms with E-state index in [1.807, 2.05) is 0 Å². The van der Waals surface area contributed by atoms with Gasteiger partial charge in [-0.05, 0) is 12.1 Å². The molecule has 1 aromatic rings. The zero-order chi connectivity index (χ0) is 14.1. The molecule has 6 heteroatoms. The zero-order valence-corrected chi connectivity index (χ0v) is 10.9. The lowest BCUT2D eigenvalue weighted by Crippen LogP contribution is -2.13. The van der Waals surface area contributed by atoms with E-state index in [2.05, 4.69) is 0 Å². The second-order valence-electron chi connectivity index (χ2n) is 3.80. The number of carbonyl (C=O) groups excluding carboxylic acids is 1. The Morgan fingerprint density at radius 1 is 1.26 bits per heavy atom. The van der Waals surface area contributed by atoms with Gasteiger partial charge in [0, 0.05) is 25.8 Å². The van der Waals surface area contributed by atoms with E-state index in [4.69, 9.17) is 19.9 Å². The molecule has 0 bridgehead atoms. The number of carbonyl (C=O) groups is 1. The van der Waals surface area contributed by atoms with Crippen LogP contribution in [0.25, 0.3) is 0 Å². The number of hydrogen-bond acceptors (Lipinski definition) is 5. The van der Waals surface area contributed by atoms with Gasteiger partial charge in [-0.3, -0.25) is 0 Å². The minimum Gasteiger partial charge on any atom is -0.462 e. The highest BCUT2D eigenvalue weighted by Crippen LogP contribution is 2.16. The molecule has 0 unspecified atom stereocenters. The molecule has 0 aliphatic heterocycles. The van der Waals surface area contributed by atoms with Crippen molar-refractivity contribution in [3.05, 3.63) is 29.6 Å². The quantitative estimate of drug-likeness (QED) is 0.442. The van der Waals surface area contributed by atoms with Gasteiger partial charge in [-0.2, -0.15) is 0 Å². The highest BCUT2D eigenvalue weighted by molar-refractivity contribution is 5.95.